The number of fused-ring (bicyclic) bond motifs is 3. The molecule has 26 heavy (non-hydrogen) atoms. The lowest BCUT2D eigenvalue weighted by molar-refractivity contribution is 0.0600. The Morgan fingerprint density at radius 3 is 2.81 bits per heavy atom. The van der Waals surface area contributed by atoms with Crippen molar-refractivity contribution in [1.82, 2.24) is 0 Å². The van der Waals surface area contributed by atoms with Gasteiger partial charge in [-0.1, -0.05) is 0 Å². The SMILES string of the molecule is CCOCCOc1cc(C)c2c(c1)CCOc1ccc(C(=O)OC)cc1-2. The Kier molecular flexibility index (Phi) is 5.78. The molecule has 5 heteroatoms. The quantitative estimate of drug-likeness (QED) is 0.582. The van der Waals surface area contributed by atoms with Crippen LogP contribution in [-0.2, 0) is 15.9 Å². The second-order valence-electron chi connectivity index (χ2n) is 6.12. The van der Waals surface area contributed by atoms with Crippen molar-refractivity contribution in [3.63, 3.8) is 0 Å². The van der Waals surface area contributed by atoms with E-state index in [4.69, 9.17) is 18.9 Å². The summed E-state index contributed by atoms with van der Waals surface area (Å²) in [6.45, 7) is 6.37. The van der Waals surface area contributed by atoms with Crippen molar-refractivity contribution in [3.8, 4) is 22.6 Å². The summed E-state index contributed by atoms with van der Waals surface area (Å²) < 4.78 is 21.9. The van der Waals surface area contributed by atoms with Gasteiger partial charge < -0.3 is 18.9 Å². The van der Waals surface area contributed by atoms with Crippen LogP contribution in [0.1, 0.15) is 28.4 Å². The molecular formula is C21H24O5. The molecule has 0 saturated heterocycles. The first-order chi connectivity index (χ1) is 12.6. The lowest BCUT2D eigenvalue weighted by atomic mass is 9.92. The third kappa shape index (κ3) is 3.83. The number of carbonyl (C=O) groups is 1. The molecule has 138 valence electrons. The van der Waals surface area contributed by atoms with Crippen LogP contribution < -0.4 is 9.47 Å². The second-order valence-corrected chi connectivity index (χ2v) is 6.12. The van der Waals surface area contributed by atoms with Crippen LogP contribution in [0, 0.1) is 6.92 Å². The smallest absolute Gasteiger partial charge is 0.337 e. The van der Waals surface area contributed by atoms with E-state index in [0.29, 0.717) is 32.0 Å². The number of hydrogen-bond acceptors (Lipinski definition) is 5. The molecule has 0 N–H and O–H groups in total. The van der Waals surface area contributed by atoms with E-state index in [-0.39, 0.29) is 5.97 Å². The summed E-state index contributed by atoms with van der Waals surface area (Å²) in [6, 6.07) is 9.48. The molecule has 0 radical (unpaired) electrons. The van der Waals surface area contributed by atoms with E-state index >= 15 is 0 Å². The monoisotopic (exact) mass is 356 g/mol. The molecule has 2 aromatic carbocycles. The predicted octanol–water partition coefficient (Wildman–Crippen LogP) is 3.80. The molecule has 0 unspecified atom stereocenters. The Morgan fingerprint density at radius 1 is 1.19 bits per heavy atom. The van der Waals surface area contributed by atoms with E-state index in [0.717, 1.165) is 40.2 Å². The van der Waals surface area contributed by atoms with Crippen molar-refractivity contribution in [1.29, 1.82) is 0 Å². The Bertz CT molecular complexity index is 797. The predicted molar refractivity (Wildman–Crippen MR) is 99.1 cm³/mol. The molecule has 1 aliphatic rings. The minimum Gasteiger partial charge on any atom is -0.493 e. The van der Waals surface area contributed by atoms with E-state index in [1.165, 1.54) is 7.11 Å². The summed E-state index contributed by atoms with van der Waals surface area (Å²) in [5.74, 6) is 1.25. The van der Waals surface area contributed by atoms with E-state index in [2.05, 4.69) is 6.07 Å². The topological polar surface area (TPSA) is 54.0 Å². The fraction of sp³-hybridized carbons (Fsp3) is 0.381. The molecule has 0 aliphatic carbocycles. The van der Waals surface area contributed by atoms with Crippen molar-refractivity contribution in [2.45, 2.75) is 20.3 Å². The highest BCUT2D eigenvalue weighted by Crippen LogP contribution is 2.40. The zero-order chi connectivity index (χ0) is 18.5. The molecule has 3 rings (SSSR count). The third-order valence-corrected chi connectivity index (χ3v) is 4.39. The van der Waals surface area contributed by atoms with Gasteiger partial charge in [-0.3, -0.25) is 0 Å². The molecule has 2 aromatic rings. The highest BCUT2D eigenvalue weighted by Gasteiger charge is 2.20. The largest absolute Gasteiger partial charge is 0.493 e. The Morgan fingerprint density at radius 2 is 2.04 bits per heavy atom. The minimum absolute atomic E-state index is 0.355. The highest BCUT2D eigenvalue weighted by atomic mass is 16.5. The van der Waals surface area contributed by atoms with Gasteiger partial charge in [0, 0.05) is 18.6 Å². The first-order valence-corrected chi connectivity index (χ1v) is 8.83. The zero-order valence-electron chi connectivity index (χ0n) is 15.5. The summed E-state index contributed by atoms with van der Waals surface area (Å²) in [4.78, 5) is 11.9. The zero-order valence-corrected chi connectivity index (χ0v) is 15.5. The molecular weight excluding hydrogens is 332 g/mol. The molecule has 0 aromatic heterocycles. The molecule has 0 saturated carbocycles. The molecule has 0 spiro atoms. The maximum absolute atomic E-state index is 11.9. The van der Waals surface area contributed by atoms with Gasteiger partial charge in [0.1, 0.15) is 18.1 Å². The first kappa shape index (κ1) is 18.3. The van der Waals surface area contributed by atoms with Gasteiger partial charge in [-0.2, -0.15) is 0 Å². The average Bonchev–Trinajstić information content (AvgIpc) is 2.83. The molecule has 1 heterocycles. The van der Waals surface area contributed by atoms with E-state index < -0.39 is 0 Å². The fourth-order valence-electron chi connectivity index (χ4n) is 3.22. The van der Waals surface area contributed by atoms with Gasteiger partial charge in [0.2, 0.25) is 0 Å². The van der Waals surface area contributed by atoms with Crippen LogP contribution in [0.2, 0.25) is 0 Å². The number of carbonyl (C=O) groups excluding carboxylic acids is 1. The van der Waals surface area contributed by atoms with Crippen molar-refractivity contribution < 1.29 is 23.7 Å². The first-order valence-electron chi connectivity index (χ1n) is 8.83. The maximum atomic E-state index is 11.9. The number of ether oxygens (including phenoxy) is 4. The number of hydrogen-bond donors (Lipinski definition) is 0. The van der Waals surface area contributed by atoms with Crippen molar-refractivity contribution >= 4 is 5.97 Å². The Balaban J connectivity index is 1.97. The van der Waals surface area contributed by atoms with Crippen molar-refractivity contribution in [2.24, 2.45) is 0 Å². The van der Waals surface area contributed by atoms with Crippen LogP contribution in [0.4, 0.5) is 0 Å². The summed E-state index contributed by atoms with van der Waals surface area (Å²) >= 11 is 0. The number of esters is 1. The molecule has 0 bridgehead atoms. The molecule has 0 atom stereocenters. The number of aryl methyl sites for hydroxylation is 1. The van der Waals surface area contributed by atoms with Crippen LogP contribution in [0.5, 0.6) is 11.5 Å². The summed E-state index contributed by atoms with van der Waals surface area (Å²) in [6.07, 6.45) is 0.779. The van der Waals surface area contributed by atoms with Crippen molar-refractivity contribution in [3.05, 3.63) is 47.0 Å². The van der Waals surface area contributed by atoms with Crippen molar-refractivity contribution in [2.75, 3.05) is 33.5 Å². The Labute approximate surface area is 153 Å². The molecule has 5 nitrogen and oxygen atoms in total. The number of benzene rings is 2. The summed E-state index contributed by atoms with van der Waals surface area (Å²) in [5, 5.41) is 0. The lowest BCUT2D eigenvalue weighted by Gasteiger charge is -2.15. The van der Waals surface area contributed by atoms with Crippen LogP contribution >= 0.6 is 0 Å². The maximum Gasteiger partial charge on any atom is 0.337 e. The fourth-order valence-corrected chi connectivity index (χ4v) is 3.22. The Hall–Kier alpha value is -2.53. The normalized spacial score (nSPS) is 12.4. The minimum atomic E-state index is -0.355. The van der Waals surface area contributed by atoms with Crippen LogP contribution in [0.3, 0.4) is 0 Å². The van der Waals surface area contributed by atoms with Crippen LogP contribution in [-0.4, -0.2) is 39.5 Å². The molecule has 0 amide bonds. The van der Waals surface area contributed by atoms with Crippen LogP contribution in [0.15, 0.2) is 30.3 Å². The highest BCUT2D eigenvalue weighted by molar-refractivity contribution is 5.92. The molecule has 0 fully saturated rings. The number of rotatable bonds is 6. The van der Waals surface area contributed by atoms with E-state index in [1.54, 1.807) is 6.07 Å². The summed E-state index contributed by atoms with van der Waals surface area (Å²) in [7, 11) is 1.38. The van der Waals surface area contributed by atoms with E-state index in [9.17, 15) is 4.79 Å². The lowest BCUT2D eigenvalue weighted by Crippen LogP contribution is -2.07. The van der Waals surface area contributed by atoms with Gasteiger partial charge in [-0.15, -0.1) is 0 Å². The summed E-state index contributed by atoms with van der Waals surface area (Å²) in [5.41, 5.74) is 4.76. The van der Waals surface area contributed by atoms with E-state index in [1.807, 2.05) is 32.0 Å². The van der Waals surface area contributed by atoms with Gasteiger partial charge in [-0.25, -0.2) is 4.79 Å². The standard InChI is InChI=1S/C21H24O5/c1-4-24-9-10-25-17-11-14(2)20-15(12-17)7-8-26-19-6-5-16(13-18(19)20)21(22)23-3/h5-6,11-13H,4,7-10H2,1-3H3. The second kappa shape index (κ2) is 8.23. The third-order valence-electron chi connectivity index (χ3n) is 4.39. The van der Waals surface area contributed by atoms with Crippen LogP contribution in [0.25, 0.3) is 11.1 Å². The van der Waals surface area contributed by atoms with Gasteiger partial charge in [0.15, 0.2) is 0 Å². The number of methoxy groups -OCH3 is 1. The van der Waals surface area contributed by atoms with Gasteiger partial charge in [0.05, 0.1) is 25.9 Å². The molecule has 1 aliphatic heterocycles. The van der Waals surface area contributed by atoms with Gasteiger partial charge in [0.25, 0.3) is 0 Å². The van der Waals surface area contributed by atoms with Gasteiger partial charge in [-0.05, 0) is 60.9 Å². The van der Waals surface area contributed by atoms with Gasteiger partial charge >= 0.3 is 5.97 Å². The average molecular weight is 356 g/mol.